The molecule has 112 valence electrons. The number of carbonyl (C=O) groups is 2. The van der Waals surface area contributed by atoms with Crippen LogP contribution in [0.2, 0.25) is 0 Å². The number of anilines is 1. The Kier molecular flexibility index (Phi) is 4.59. The maximum atomic E-state index is 12.1. The second kappa shape index (κ2) is 6.41. The normalized spacial score (nSPS) is 14.9. The highest BCUT2D eigenvalue weighted by Crippen LogP contribution is 2.26. The number of ether oxygens (including phenoxy) is 3. The van der Waals surface area contributed by atoms with E-state index in [9.17, 15) is 9.59 Å². The van der Waals surface area contributed by atoms with Crippen molar-refractivity contribution in [1.82, 2.24) is 0 Å². The summed E-state index contributed by atoms with van der Waals surface area (Å²) in [4.78, 5) is 25.5. The van der Waals surface area contributed by atoms with Crippen LogP contribution in [0.3, 0.4) is 0 Å². The van der Waals surface area contributed by atoms with E-state index in [-0.39, 0.29) is 24.6 Å². The van der Waals surface area contributed by atoms with Gasteiger partial charge in [0.05, 0.1) is 26.4 Å². The van der Waals surface area contributed by atoms with Gasteiger partial charge in [0.1, 0.15) is 12.4 Å². The zero-order chi connectivity index (χ0) is 15.4. The van der Waals surface area contributed by atoms with E-state index in [2.05, 4.69) is 0 Å². The van der Waals surface area contributed by atoms with Gasteiger partial charge >= 0.3 is 11.9 Å². The van der Waals surface area contributed by atoms with Gasteiger partial charge in [0.25, 0.3) is 0 Å². The Bertz CT molecular complexity index is 576. The van der Waals surface area contributed by atoms with E-state index in [0.717, 1.165) is 11.3 Å². The fraction of sp³-hybridized carbons (Fsp3) is 0.333. The molecule has 0 fully saturated rings. The number of benzene rings is 1. The molecule has 0 N–H and O–H groups in total. The molecular formula is C15H17NO5. The number of rotatable bonds is 3. The molecule has 0 radical (unpaired) electrons. The number of hydrogen-bond acceptors (Lipinski definition) is 6. The van der Waals surface area contributed by atoms with Crippen LogP contribution in [0.25, 0.3) is 0 Å². The van der Waals surface area contributed by atoms with Crippen LogP contribution in [-0.4, -0.2) is 39.5 Å². The quantitative estimate of drug-likeness (QED) is 0.784. The molecule has 1 aliphatic heterocycles. The van der Waals surface area contributed by atoms with Crippen molar-refractivity contribution in [2.75, 3.05) is 32.5 Å². The van der Waals surface area contributed by atoms with Gasteiger partial charge in [-0.1, -0.05) is 17.7 Å². The molecule has 1 aromatic carbocycles. The lowest BCUT2D eigenvalue weighted by molar-refractivity contribution is -0.140. The van der Waals surface area contributed by atoms with E-state index in [1.54, 1.807) is 4.90 Å². The van der Waals surface area contributed by atoms with Gasteiger partial charge in [-0.25, -0.2) is 9.59 Å². The molecule has 0 bridgehead atoms. The van der Waals surface area contributed by atoms with Crippen LogP contribution in [0, 0.1) is 6.92 Å². The number of methoxy groups -OCH3 is 2. The predicted octanol–water partition coefficient (Wildman–Crippen LogP) is 1.39. The smallest absolute Gasteiger partial charge is 0.355 e. The Labute approximate surface area is 122 Å². The average Bonchev–Trinajstić information content (AvgIpc) is 2.53. The van der Waals surface area contributed by atoms with Crippen LogP contribution in [0.1, 0.15) is 5.56 Å². The second-order valence-corrected chi connectivity index (χ2v) is 4.55. The Morgan fingerprint density at radius 2 is 1.71 bits per heavy atom. The maximum Gasteiger partial charge on any atom is 0.355 e. The second-order valence-electron chi connectivity index (χ2n) is 4.55. The van der Waals surface area contributed by atoms with Crippen molar-refractivity contribution in [2.24, 2.45) is 0 Å². The third-order valence-corrected chi connectivity index (χ3v) is 3.18. The molecule has 6 heteroatoms. The number of nitrogens with zero attached hydrogens (tertiary/aromatic N) is 1. The van der Waals surface area contributed by atoms with Gasteiger partial charge in [0.15, 0.2) is 0 Å². The van der Waals surface area contributed by atoms with Gasteiger partial charge in [0.2, 0.25) is 0 Å². The Morgan fingerprint density at radius 3 is 2.29 bits per heavy atom. The SMILES string of the molecule is COC(=O)C1=C(C(=O)OC)N(c2ccc(C)cc2)COC1. The van der Waals surface area contributed by atoms with Crippen molar-refractivity contribution in [1.29, 1.82) is 0 Å². The summed E-state index contributed by atoms with van der Waals surface area (Å²) >= 11 is 0. The van der Waals surface area contributed by atoms with Crippen LogP contribution in [0.4, 0.5) is 5.69 Å². The summed E-state index contributed by atoms with van der Waals surface area (Å²) in [6.07, 6.45) is 0. The molecule has 1 heterocycles. The minimum absolute atomic E-state index is 0.0134. The summed E-state index contributed by atoms with van der Waals surface area (Å²) in [5, 5.41) is 0. The van der Waals surface area contributed by atoms with Crippen LogP contribution in [-0.2, 0) is 23.8 Å². The maximum absolute atomic E-state index is 12.1. The first kappa shape index (κ1) is 15.1. The topological polar surface area (TPSA) is 65.1 Å². The lowest BCUT2D eigenvalue weighted by Gasteiger charge is -2.31. The van der Waals surface area contributed by atoms with Gasteiger partial charge in [-0.05, 0) is 19.1 Å². The standard InChI is InChI=1S/C15H17NO5/c1-10-4-6-11(7-5-10)16-9-21-8-12(14(17)19-2)13(16)15(18)20-3/h4-7H,8-9H2,1-3H3. The zero-order valence-electron chi connectivity index (χ0n) is 12.2. The number of carbonyl (C=O) groups excluding carboxylic acids is 2. The van der Waals surface area contributed by atoms with Gasteiger partial charge in [0, 0.05) is 5.69 Å². The fourth-order valence-electron chi connectivity index (χ4n) is 2.07. The molecule has 0 aliphatic carbocycles. The van der Waals surface area contributed by atoms with Gasteiger partial charge < -0.3 is 19.1 Å². The summed E-state index contributed by atoms with van der Waals surface area (Å²) in [6.45, 7) is 2.14. The van der Waals surface area contributed by atoms with Crippen LogP contribution >= 0.6 is 0 Å². The van der Waals surface area contributed by atoms with Crippen LogP contribution in [0.5, 0.6) is 0 Å². The summed E-state index contributed by atoms with van der Waals surface area (Å²) in [6, 6.07) is 7.52. The molecule has 0 amide bonds. The first-order chi connectivity index (χ1) is 10.1. The molecule has 0 atom stereocenters. The molecule has 21 heavy (non-hydrogen) atoms. The first-order valence-electron chi connectivity index (χ1n) is 6.40. The highest BCUT2D eigenvalue weighted by atomic mass is 16.5. The third kappa shape index (κ3) is 3.05. The zero-order valence-corrected chi connectivity index (χ0v) is 12.2. The Morgan fingerprint density at radius 1 is 1.10 bits per heavy atom. The molecule has 0 saturated heterocycles. The van der Waals surface area contributed by atoms with E-state index in [1.807, 2.05) is 31.2 Å². The molecule has 0 spiro atoms. The fourth-order valence-corrected chi connectivity index (χ4v) is 2.07. The van der Waals surface area contributed by atoms with Crippen LogP contribution < -0.4 is 4.90 Å². The van der Waals surface area contributed by atoms with Gasteiger partial charge in [-0.15, -0.1) is 0 Å². The summed E-state index contributed by atoms with van der Waals surface area (Å²) < 4.78 is 14.9. The third-order valence-electron chi connectivity index (χ3n) is 3.18. The lowest BCUT2D eigenvalue weighted by atomic mass is 10.1. The number of hydrogen-bond donors (Lipinski definition) is 0. The predicted molar refractivity (Wildman–Crippen MR) is 75.5 cm³/mol. The first-order valence-corrected chi connectivity index (χ1v) is 6.40. The van der Waals surface area contributed by atoms with Crippen molar-refractivity contribution in [3.8, 4) is 0 Å². The van der Waals surface area contributed by atoms with Crippen molar-refractivity contribution < 1.29 is 23.8 Å². The largest absolute Gasteiger partial charge is 0.466 e. The van der Waals surface area contributed by atoms with E-state index in [4.69, 9.17) is 14.2 Å². The highest BCUT2D eigenvalue weighted by molar-refractivity contribution is 6.03. The summed E-state index contributed by atoms with van der Waals surface area (Å²) in [5.41, 5.74) is 2.13. The van der Waals surface area contributed by atoms with Crippen molar-refractivity contribution >= 4 is 17.6 Å². The Balaban J connectivity index is 2.50. The summed E-state index contributed by atoms with van der Waals surface area (Å²) in [5.74, 6) is -1.20. The van der Waals surface area contributed by atoms with E-state index >= 15 is 0 Å². The minimum Gasteiger partial charge on any atom is -0.466 e. The molecule has 0 aromatic heterocycles. The highest BCUT2D eigenvalue weighted by Gasteiger charge is 2.32. The van der Waals surface area contributed by atoms with Crippen molar-refractivity contribution in [3.63, 3.8) is 0 Å². The van der Waals surface area contributed by atoms with Crippen molar-refractivity contribution in [2.45, 2.75) is 6.92 Å². The monoisotopic (exact) mass is 291 g/mol. The van der Waals surface area contributed by atoms with Crippen LogP contribution in [0.15, 0.2) is 35.5 Å². The molecule has 1 aliphatic rings. The molecule has 6 nitrogen and oxygen atoms in total. The Hall–Kier alpha value is -2.34. The molecule has 0 unspecified atom stereocenters. The molecule has 1 aromatic rings. The summed E-state index contributed by atoms with van der Waals surface area (Å²) in [7, 11) is 2.53. The molecular weight excluding hydrogens is 274 g/mol. The average molecular weight is 291 g/mol. The van der Waals surface area contributed by atoms with E-state index in [0.29, 0.717) is 0 Å². The molecule has 2 rings (SSSR count). The van der Waals surface area contributed by atoms with Crippen molar-refractivity contribution in [3.05, 3.63) is 41.1 Å². The van der Waals surface area contributed by atoms with E-state index < -0.39 is 11.9 Å². The number of esters is 2. The molecule has 0 saturated carbocycles. The van der Waals surface area contributed by atoms with Gasteiger partial charge in [-0.2, -0.15) is 0 Å². The minimum atomic E-state index is -0.604. The number of aryl methyl sites for hydroxylation is 1. The lowest BCUT2D eigenvalue weighted by Crippen LogP contribution is -2.38. The van der Waals surface area contributed by atoms with E-state index in [1.165, 1.54) is 14.2 Å². The van der Waals surface area contributed by atoms with Gasteiger partial charge in [-0.3, -0.25) is 0 Å².